The van der Waals surface area contributed by atoms with Gasteiger partial charge in [-0.2, -0.15) is 0 Å². The monoisotopic (exact) mass is 460 g/mol. The molecule has 0 spiro atoms. The molecule has 8 nitrogen and oxygen atoms in total. The van der Waals surface area contributed by atoms with E-state index in [2.05, 4.69) is 5.32 Å². The normalized spacial score (nSPS) is 18.4. The SMILES string of the molecule is CN(C)S(=O)(=O)c1ccc2c(c1)N(CC(=O)Nc1ccc(F)cc1)C(=O)[C@H]1CCCCN21. The molecule has 1 saturated heterocycles. The largest absolute Gasteiger partial charge is 0.358 e. The van der Waals surface area contributed by atoms with E-state index in [0.29, 0.717) is 24.3 Å². The third kappa shape index (κ3) is 4.07. The standard InChI is InChI=1S/C22H25FN4O4S/c1-25(2)32(30,31)17-10-11-18-20(13-17)27(22(29)19-5-3-4-12-26(18)19)14-21(28)24-16-8-6-15(23)7-9-16/h6-11,13,19H,3-5,12,14H2,1-2H3,(H,24,28)/t19-/m1/s1. The third-order valence-electron chi connectivity index (χ3n) is 5.81. The summed E-state index contributed by atoms with van der Waals surface area (Å²) in [5.41, 5.74) is 1.54. The van der Waals surface area contributed by atoms with Gasteiger partial charge in [-0.3, -0.25) is 14.5 Å². The van der Waals surface area contributed by atoms with Crippen molar-refractivity contribution in [3.8, 4) is 0 Å². The lowest BCUT2D eigenvalue weighted by Gasteiger charge is -2.45. The molecule has 10 heteroatoms. The van der Waals surface area contributed by atoms with Crippen molar-refractivity contribution in [1.82, 2.24) is 4.31 Å². The molecule has 2 aliphatic rings. The molecule has 2 amide bonds. The Bertz CT molecular complexity index is 1150. The number of piperidine rings is 1. The number of fused-ring (bicyclic) bond motifs is 3. The number of benzene rings is 2. The third-order valence-corrected chi connectivity index (χ3v) is 7.62. The molecule has 2 aromatic carbocycles. The minimum Gasteiger partial charge on any atom is -0.358 e. The molecule has 0 aromatic heterocycles. The Labute approximate surface area is 186 Å². The molecular weight excluding hydrogens is 435 g/mol. The maximum Gasteiger partial charge on any atom is 0.250 e. The molecule has 2 heterocycles. The van der Waals surface area contributed by atoms with Crippen LogP contribution in [0.4, 0.5) is 21.5 Å². The predicted molar refractivity (Wildman–Crippen MR) is 120 cm³/mol. The summed E-state index contributed by atoms with van der Waals surface area (Å²) in [5.74, 6) is -1.11. The lowest BCUT2D eigenvalue weighted by atomic mass is 9.96. The zero-order chi connectivity index (χ0) is 23.0. The van der Waals surface area contributed by atoms with Gasteiger partial charge >= 0.3 is 0 Å². The molecule has 4 rings (SSSR count). The fourth-order valence-electron chi connectivity index (χ4n) is 4.15. The highest BCUT2D eigenvalue weighted by atomic mass is 32.2. The Morgan fingerprint density at radius 3 is 2.53 bits per heavy atom. The van der Waals surface area contributed by atoms with E-state index in [0.717, 1.165) is 22.8 Å². The van der Waals surface area contributed by atoms with Crippen molar-refractivity contribution in [2.45, 2.75) is 30.2 Å². The van der Waals surface area contributed by atoms with Crippen LogP contribution < -0.4 is 15.1 Å². The lowest BCUT2D eigenvalue weighted by molar-refractivity contribution is -0.123. The van der Waals surface area contributed by atoms with Gasteiger partial charge in [0.15, 0.2) is 0 Å². The number of halogens is 1. The van der Waals surface area contributed by atoms with Crippen LogP contribution in [0.3, 0.4) is 0 Å². The zero-order valence-electron chi connectivity index (χ0n) is 17.9. The van der Waals surface area contributed by atoms with E-state index >= 15 is 0 Å². The molecule has 0 saturated carbocycles. The van der Waals surface area contributed by atoms with Crippen LogP contribution in [0.5, 0.6) is 0 Å². The Morgan fingerprint density at radius 1 is 1.12 bits per heavy atom. The number of sulfonamides is 1. The van der Waals surface area contributed by atoms with E-state index in [-0.39, 0.29) is 23.4 Å². The number of rotatable bonds is 5. The van der Waals surface area contributed by atoms with Gasteiger partial charge in [-0.1, -0.05) is 0 Å². The van der Waals surface area contributed by atoms with Gasteiger partial charge in [0.1, 0.15) is 18.4 Å². The van der Waals surface area contributed by atoms with Gasteiger partial charge in [-0.25, -0.2) is 17.1 Å². The Hall–Kier alpha value is -2.98. The highest BCUT2D eigenvalue weighted by Gasteiger charge is 2.40. The van der Waals surface area contributed by atoms with Crippen molar-refractivity contribution in [3.05, 3.63) is 48.3 Å². The molecule has 0 unspecified atom stereocenters. The van der Waals surface area contributed by atoms with E-state index in [1.807, 2.05) is 4.90 Å². The number of anilines is 3. The Balaban J connectivity index is 1.70. The highest BCUT2D eigenvalue weighted by molar-refractivity contribution is 7.89. The number of nitrogens with zero attached hydrogens (tertiary/aromatic N) is 3. The molecule has 32 heavy (non-hydrogen) atoms. The summed E-state index contributed by atoms with van der Waals surface area (Å²) in [6.45, 7) is 0.414. The van der Waals surface area contributed by atoms with Crippen molar-refractivity contribution >= 4 is 38.9 Å². The number of carbonyl (C=O) groups excluding carboxylic acids is 2. The molecule has 0 aliphatic carbocycles. The van der Waals surface area contributed by atoms with Crippen LogP contribution in [0, 0.1) is 5.82 Å². The average Bonchev–Trinajstić information content (AvgIpc) is 2.77. The fraction of sp³-hybridized carbons (Fsp3) is 0.364. The van der Waals surface area contributed by atoms with Crippen molar-refractivity contribution in [2.24, 2.45) is 0 Å². The van der Waals surface area contributed by atoms with Crippen LogP contribution in [0.1, 0.15) is 19.3 Å². The van der Waals surface area contributed by atoms with E-state index in [9.17, 15) is 22.4 Å². The molecule has 2 aromatic rings. The lowest BCUT2D eigenvalue weighted by Crippen LogP contribution is -2.56. The van der Waals surface area contributed by atoms with Crippen molar-refractivity contribution in [3.63, 3.8) is 0 Å². The number of hydrogen-bond donors (Lipinski definition) is 1. The maximum atomic E-state index is 13.3. The summed E-state index contributed by atoms with van der Waals surface area (Å²) in [5, 5.41) is 2.66. The Kier molecular flexibility index (Phi) is 5.91. The summed E-state index contributed by atoms with van der Waals surface area (Å²) in [6, 6.07) is 9.65. The van der Waals surface area contributed by atoms with Gasteiger partial charge in [0, 0.05) is 26.3 Å². The molecule has 0 radical (unpaired) electrons. The molecule has 1 N–H and O–H groups in total. The van der Waals surface area contributed by atoms with Crippen LogP contribution >= 0.6 is 0 Å². The second-order valence-electron chi connectivity index (χ2n) is 8.12. The second-order valence-corrected chi connectivity index (χ2v) is 10.3. The first kappa shape index (κ1) is 22.2. The molecule has 0 bridgehead atoms. The summed E-state index contributed by atoms with van der Waals surface area (Å²) < 4.78 is 39.6. The van der Waals surface area contributed by atoms with E-state index < -0.39 is 21.7 Å². The first-order valence-corrected chi connectivity index (χ1v) is 11.8. The van der Waals surface area contributed by atoms with E-state index in [1.54, 1.807) is 6.07 Å². The summed E-state index contributed by atoms with van der Waals surface area (Å²) in [7, 11) is -0.843. The van der Waals surface area contributed by atoms with Crippen LogP contribution in [-0.2, 0) is 19.6 Å². The van der Waals surface area contributed by atoms with Gasteiger partial charge in [-0.05, 0) is 61.7 Å². The van der Waals surface area contributed by atoms with Gasteiger partial charge in [-0.15, -0.1) is 0 Å². The molecule has 1 fully saturated rings. The quantitative estimate of drug-likeness (QED) is 0.740. The zero-order valence-corrected chi connectivity index (χ0v) is 18.7. The summed E-state index contributed by atoms with van der Waals surface area (Å²) in [6.07, 6.45) is 2.52. The smallest absolute Gasteiger partial charge is 0.250 e. The summed E-state index contributed by atoms with van der Waals surface area (Å²) in [4.78, 5) is 29.5. The minimum absolute atomic E-state index is 0.0495. The number of amides is 2. The van der Waals surface area contributed by atoms with Crippen molar-refractivity contribution < 1.29 is 22.4 Å². The molecular formula is C22H25FN4O4S. The van der Waals surface area contributed by atoms with Crippen molar-refractivity contribution in [2.75, 3.05) is 42.3 Å². The fourth-order valence-corrected chi connectivity index (χ4v) is 5.07. The highest BCUT2D eigenvalue weighted by Crippen LogP contribution is 2.40. The maximum absolute atomic E-state index is 13.3. The first-order chi connectivity index (χ1) is 15.2. The van der Waals surface area contributed by atoms with Gasteiger partial charge in [0.05, 0.1) is 16.3 Å². The predicted octanol–water partition coefficient (Wildman–Crippen LogP) is 2.42. The van der Waals surface area contributed by atoms with E-state index in [1.165, 1.54) is 55.4 Å². The van der Waals surface area contributed by atoms with Gasteiger partial charge in [0.25, 0.3) is 0 Å². The topological polar surface area (TPSA) is 90.0 Å². The van der Waals surface area contributed by atoms with Crippen LogP contribution in [0.2, 0.25) is 0 Å². The number of hydrogen-bond acceptors (Lipinski definition) is 5. The van der Waals surface area contributed by atoms with E-state index in [4.69, 9.17) is 0 Å². The van der Waals surface area contributed by atoms with Crippen LogP contribution in [-0.4, -0.2) is 57.8 Å². The average molecular weight is 461 g/mol. The number of carbonyl (C=O) groups is 2. The number of nitrogens with one attached hydrogen (secondary N) is 1. The summed E-state index contributed by atoms with van der Waals surface area (Å²) >= 11 is 0. The van der Waals surface area contributed by atoms with Gasteiger partial charge in [0.2, 0.25) is 21.8 Å². The Morgan fingerprint density at radius 2 is 1.84 bits per heavy atom. The van der Waals surface area contributed by atoms with Crippen LogP contribution in [0.15, 0.2) is 47.4 Å². The molecule has 170 valence electrons. The minimum atomic E-state index is -3.72. The first-order valence-electron chi connectivity index (χ1n) is 10.4. The molecule has 2 aliphatic heterocycles. The van der Waals surface area contributed by atoms with Crippen LogP contribution in [0.25, 0.3) is 0 Å². The molecule has 1 atom stereocenters. The second kappa shape index (κ2) is 8.51. The van der Waals surface area contributed by atoms with Crippen molar-refractivity contribution in [1.29, 1.82) is 0 Å². The van der Waals surface area contributed by atoms with Gasteiger partial charge < -0.3 is 10.2 Å².